The minimum atomic E-state index is -4.38. The first-order chi connectivity index (χ1) is 9.00. The Morgan fingerprint density at radius 2 is 2.00 bits per heavy atom. The average molecular weight is 271 g/mol. The van der Waals surface area contributed by atoms with E-state index < -0.39 is 11.7 Å². The van der Waals surface area contributed by atoms with Gasteiger partial charge in [-0.3, -0.25) is 0 Å². The molecule has 0 radical (unpaired) electrons. The van der Waals surface area contributed by atoms with Crippen LogP contribution in [0.15, 0.2) is 34.9 Å². The van der Waals surface area contributed by atoms with Crippen molar-refractivity contribution in [3.8, 4) is 11.3 Å². The van der Waals surface area contributed by atoms with Gasteiger partial charge in [-0.05, 0) is 18.6 Å². The van der Waals surface area contributed by atoms with E-state index in [-0.39, 0.29) is 6.61 Å². The molecule has 6 heteroatoms. The molecule has 0 amide bonds. The van der Waals surface area contributed by atoms with Crippen molar-refractivity contribution < 1.29 is 22.8 Å². The molecule has 1 aromatic carbocycles. The molecule has 2 rings (SSSR count). The molecule has 1 N–H and O–H groups in total. The molecular weight excluding hydrogens is 259 g/mol. The van der Waals surface area contributed by atoms with Crippen LogP contribution >= 0.6 is 0 Å². The number of hydrogen-bond acceptors (Lipinski definition) is 3. The van der Waals surface area contributed by atoms with E-state index in [1.54, 1.807) is 12.1 Å². The van der Waals surface area contributed by atoms with Gasteiger partial charge in [-0.25, -0.2) is 0 Å². The highest BCUT2D eigenvalue weighted by Crippen LogP contribution is 2.32. The molecule has 2 aromatic rings. The summed E-state index contributed by atoms with van der Waals surface area (Å²) in [5, 5.41) is 12.4. The molecule has 0 saturated carbocycles. The van der Waals surface area contributed by atoms with E-state index in [0.717, 1.165) is 12.1 Å². The lowest BCUT2D eigenvalue weighted by atomic mass is 10.1. The van der Waals surface area contributed by atoms with Gasteiger partial charge in [0.1, 0.15) is 11.5 Å². The van der Waals surface area contributed by atoms with Crippen molar-refractivity contribution in [2.75, 3.05) is 6.61 Å². The molecule has 0 spiro atoms. The van der Waals surface area contributed by atoms with Crippen molar-refractivity contribution in [3.05, 3.63) is 41.7 Å². The first-order valence-electron chi connectivity index (χ1n) is 5.75. The Hall–Kier alpha value is -1.82. The van der Waals surface area contributed by atoms with E-state index in [0.29, 0.717) is 29.9 Å². The summed E-state index contributed by atoms with van der Waals surface area (Å²) in [6, 6.07) is 6.51. The molecule has 0 aliphatic carbocycles. The summed E-state index contributed by atoms with van der Waals surface area (Å²) >= 11 is 0. The minimum Gasteiger partial charge on any atom is -0.396 e. The third kappa shape index (κ3) is 3.35. The van der Waals surface area contributed by atoms with E-state index in [1.165, 1.54) is 6.07 Å². The average Bonchev–Trinajstić information content (AvgIpc) is 2.84. The number of aliphatic hydroxyl groups is 1. The monoisotopic (exact) mass is 271 g/mol. The van der Waals surface area contributed by atoms with E-state index >= 15 is 0 Å². The van der Waals surface area contributed by atoms with Gasteiger partial charge in [-0.2, -0.15) is 13.2 Å². The van der Waals surface area contributed by atoms with Gasteiger partial charge in [0.15, 0.2) is 0 Å². The summed E-state index contributed by atoms with van der Waals surface area (Å²) in [5.41, 5.74) is -0.00206. The van der Waals surface area contributed by atoms with Gasteiger partial charge in [0.25, 0.3) is 0 Å². The number of halogens is 3. The highest BCUT2D eigenvalue weighted by Gasteiger charge is 2.30. The third-order valence-corrected chi connectivity index (χ3v) is 2.63. The molecule has 1 aromatic heterocycles. The van der Waals surface area contributed by atoms with Crippen LogP contribution in [0, 0.1) is 0 Å². The summed E-state index contributed by atoms with van der Waals surface area (Å²) < 4.78 is 42.8. The Kier molecular flexibility index (Phi) is 3.90. The van der Waals surface area contributed by atoms with Crippen molar-refractivity contribution in [1.29, 1.82) is 0 Å². The number of aryl methyl sites for hydroxylation is 1. The lowest BCUT2D eigenvalue weighted by Crippen LogP contribution is -2.04. The predicted octanol–water partition coefficient (Wildman–Crippen LogP) is 3.29. The Bertz CT molecular complexity index is 549. The van der Waals surface area contributed by atoms with Gasteiger partial charge in [-0.15, -0.1) is 0 Å². The molecule has 0 atom stereocenters. The second kappa shape index (κ2) is 5.44. The van der Waals surface area contributed by atoms with E-state index in [1.807, 2.05) is 0 Å². The topological polar surface area (TPSA) is 46.3 Å². The second-order valence-corrected chi connectivity index (χ2v) is 4.08. The predicted molar refractivity (Wildman–Crippen MR) is 62.3 cm³/mol. The normalized spacial score (nSPS) is 11.8. The van der Waals surface area contributed by atoms with Crippen LogP contribution in [-0.2, 0) is 12.6 Å². The molecule has 0 aliphatic rings. The van der Waals surface area contributed by atoms with Crippen molar-refractivity contribution in [2.24, 2.45) is 0 Å². The summed E-state index contributed by atoms with van der Waals surface area (Å²) in [5.74, 6) is 0.543. The van der Waals surface area contributed by atoms with Crippen LogP contribution in [0.2, 0.25) is 0 Å². The first kappa shape index (κ1) is 13.6. The third-order valence-electron chi connectivity index (χ3n) is 2.63. The van der Waals surface area contributed by atoms with Crippen LogP contribution in [0.4, 0.5) is 13.2 Å². The van der Waals surface area contributed by atoms with Gasteiger partial charge in [0.05, 0.1) is 5.56 Å². The van der Waals surface area contributed by atoms with Crippen LogP contribution in [0.1, 0.15) is 17.7 Å². The van der Waals surface area contributed by atoms with Crippen molar-refractivity contribution >= 4 is 0 Å². The Balaban J connectivity index is 2.24. The van der Waals surface area contributed by atoms with E-state index in [4.69, 9.17) is 9.63 Å². The second-order valence-electron chi connectivity index (χ2n) is 4.08. The quantitative estimate of drug-likeness (QED) is 0.928. The number of benzene rings is 1. The Labute approximate surface area is 107 Å². The minimum absolute atomic E-state index is 0.0274. The number of aromatic nitrogens is 1. The van der Waals surface area contributed by atoms with Gasteiger partial charge in [-0.1, -0.05) is 17.3 Å². The summed E-state index contributed by atoms with van der Waals surface area (Å²) in [6.45, 7) is 0.0274. The van der Waals surface area contributed by atoms with E-state index in [9.17, 15) is 13.2 Å². The van der Waals surface area contributed by atoms with Crippen LogP contribution in [0.5, 0.6) is 0 Å². The van der Waals surface area contributed by atoms with Gasteiger partial charge < -0.3 is 9.63 Å². The van der Waals surface area contributed by atoms with Crippen LogP contribution < -0.4 is 0 Å². The lowest BCUT2D eigenvalue weighted by molar-refractivity contribution is -0.137. The molecule has 19 heavy (non-hydrogen) atoms. The number of aliphatic hydroxyl groups excluding tert-OH is 1. The van der Waals surface area contributed by atoms with Crippen LogP contribution in [-0.4, -0.2) is 16.9 Å². The maximum Gasteiger partial charge on any atom is 0.416 e. The largest absolute Gasteiger partial charge is 0.416 e. The SMILES string of the molecule is OCCCc1cc(-c2cccc(C(F)(F)F)c2)no1. The zero-order valence-electron chi connectivity index (χ0n) is 9.94. The molecule has 3 nitrogen and oxygen atoms in total. The smallest absolute Gasteiger partial charge is 0.396 e. The van der Waals surface area contributed by atoms with Gasteiger partial charge in [0.2, 0.25) is 0 Å². The van der Waals surface area contributed by atoms with Crippen molar-refractivity contribution in [3.63, 3.8) is 0 Å². The van der Waals surface area contributed by atoms with Gasteiger partial charge >= 0.3 is 6.18 Å². The van der Waals surface area contributed by atoms with Crippen molar-refractivity contribution in [1.82, 2.24) is 5.16 Å². The fourth-order valence-electron chi connectivity index (χ4n) is 1.67. The molecule has 1 heterocycles. The highest BCUT2D eigenvalue weighted by molar-refractivity contribution is 5.60. The molecular formula is C13H12F3NO2. The van der Waals surface area contributed by atoms with Crippen LogP contribution in [0.3, 0.4) is 0 Å². The molecule has 0 unspecified atom stereocenters. The maximum atomic E-state index is 12.6. The highest BCUT2D eigenvalue weighted by atomic mass is 19.4. The van der Waals surface area contributed by atoms with Crippen LogP contribution in [0.25, 0.3) is 11.3 Å². The van der Waals surface area contributed by atoms with Crippen molar-refractivity contribution in [2.45, 2.75) is 19.0 Å². The molecule has 0 aliphatic heterocycles. The number of rotatable bonds is 4. The maximum absolute atomic E-state index is 12.6. The first-order valence-corrected chi connectivity index (χ1v) is 5.75. The summed E-state index contributed by atoms with van der Waals surface area (Å²) in [4.78, 5) is 0. The summed E-state index contributed by atoms with van der Waals surface area (Å²) in [7, 11) is 0. The number of nitrogens with zero attached hydrogens (tertiary/aromatic N) is 1. The molecule has 0 saturated heterocycles. The Morgan fingerprint density at radius 1 is 1.21 bits per heavy atom. The van der Waals surface area contributed by atoms with E-state index in [2.05, 4.69) is 5.16 Å². The number of hydrogen-bond donors (Lipinski definition) is 1. The summed E-state index contributed by atoms with van der Waals surface area (Å²) in [6.07, 6.45) is -3.35. The van der Waals surface area contributed by atoms with Gasteiger partial charge in [0, 0.05) is 24.7 Å². The standard InChI is InChI=1S/C13H12F3NO2/c14-13(15,16)10-4-1-3-9(7-10)12-8-11(19-17-12)5-2-6-18/h1,3-4,7-8,18H,2,5-6H2. The number of alkyl halides is 3. The molecule has 0 bridgehead atoms. The fourth-order valence-corrected chi connectivity index (χ4v) is 1.67. The fraction of sp³-hybridized carbons (Fsp3) is 0.308. The molecule has 0 fully saturated rings. The zero-order chi connectivity index (χ0) is 13.9. The lowest BCUT2D eigenvalue weighted by Gasteiger charge is -2.06. The Morgan fingerprint density at radius 3 is 2.68 bits per heavy atom. The zero-order valence-corrected chi connectivity index (χ0v) is 9.94. The molecule has 102 valence electrons.